The van der Waals surface area contributed by atoms with Crippen LogP contribution in [-0.2, 0) is 20.8 Å². The molecule has 1 fully saturated rings. The summed E-state index contributed by atoms with van der Waals surface area (Å²) in [4.78, 5) is 63.2. The number of hydrogen-bond donors (Lipinski definition) is 4. The lowest BCUT2D eigenvalue weighted by molar-refractivity contribution is -0.146. The number of nitrogens with one attached hydrogen (secondary N) is 2. The molecule has 0 bridgehead atoms. The summed E-state index contributed by atoms with van der Waals surface area (Å²) in [6, 6.07) is 3.43. The van der Waals surface area contributed by atoms with E-state index in [1.165, 1.54) is 23.2 Å². The lowest BCUT2D eigenvalue weighted by Crippen LogP contribution is -2.59. The minimum atomic E-state index is -1.31. The number of pyridine rings is 2. The number of nitrogens with zero attached hydrogens (tertiary/aromatic N) is 3. The Morgan fingerprint density at radius 1 is 1.18 bits per heavy atom. The predicted molar refractivity (Wildman–Crippen MR) is 147 cm³/mol. The van der Waals surface area contributed by atoms with Gasteiger partial charge in [-0.1, -0.05) is 33.8 Å². The molecule has 216 valence electrons. The van der Waals surface area contributed by atoms with Crippen LogP contribution < -0.4 is 10.6 Å². The van der Waals surface area contributed by atoms with Crippen molar-refractivity contribution in [3.05, 3.63) is 54.1 Å². The summed E-state index contributed by atoms with van der Waals surface area (Å²) in [5, 5.41) is 26.9. The molecule has 11 nitrogen and oxygen atoms in total. The third-order valence-electron chi connectivity index (χ3n) is 7.36. The summed E-state index contributed by atoms with van der Waals surface area (Å²) < 4.78 is 0. The van der Waals surface area contributed by atoms with E-state index < -0.39 is 53.8 Å². The van der Waals surface area contributed by atoms with E-state index in [1.54, 1.807) is 45.4 Å². The highest BCUT2D eigenvalue weighted by Crippen LogP contribution is 2.24. The smallest absolute Gasteiger partial charge is 0.274 e. The topological polar surface area (TPSA) is 162 Å². The molecule has 0 spiro atoms. The van der Waals surface area contributed by atoms with Crippen molar-refractivity contribution in [1.82, 2.24) is 25.5 Å². The van der Waals surface area contributed by atoms with Gasteiger partial charge in [-0.2, -0.15) is 0 Å². The highest BCUT2D eigenvalue weighted by atomic mass is 16.3. The molecule has 2 aromatic heterocycles. The Balaban J connectivity index is 2.03. The fourth-order valence-electron chi connectivity index (χ4n) is 5.04. The Morgan fingerprint density at radius 2 is 1.88 bits per heavy atom. The van der Waals surface area contributed by atoms with Gasteiger partial charge in [0.1, 0.15) is 11.8 Å². The number of aromatic nitrogens is 2. The van der Waals surface area contributed by atoms with E-state index in [0.29, 0.717) is 6.42 Å². The quantitative estimate of drug-likeness (QED) is 0.418. The van der Waals surface area contributed by atoms with Crippen molar-refractivity contribution < 1.29 is 29.4 Å². The van der Waals surface area contributed by atoms with Crippen LogP contribution in [0.2, 0.25) is 0 Å². The predicted octanol–water partition coefficient (Wildman–Crippen LogP) is 1.49. The molecule has 11 heteroatoms. The van der Waals surface area contributed by atoms with E-state index in [0.717, 1.165) is 5.56 Å². The van der Waals surface area contributed by atoms with Gasteiger partial charge in [-0.3, -0.25) is 24.2 Å². The molecule has 2 aromatic rings. The van der Waals surface area contributed by atoms with Gasteiger partial charge in [0.05, 0.1) is 24.1 Å². The summed E-state index contributed by atoms with van der Waals surface area (Å²) in [6.07, 6.45) is 3.73. The first-order valence-electron chi connectivity index (χ1n) is 13.5. The van der Waals surface area contributed by atoms with E-state index in [1.807, 2.05) is 13.8 Å². The number of carbonyl (C=O) groups excluding carboxylic acids is 4. The normalized spacial score (nSPS) is 26.6. The first-order valence-corrected chi connectivity index (χ1v) is 13.5. The first-order chi connectivity index (χ1) is 18.9. The number of carbonyl (C=O) groups is 4. The number of rotatable bonds is 6. The maximum atomic E-state index is 13.7. The van der Waals surface area contributed by atoms with Gasteiger partial charge in [-0.25, -0.2) is 4.98 Å². The van der Waals surface area contributed by atoms with Crippen molar-refractivity contribution in [2.75, 3.05) is 7.05 Å². The Bertz CT molecular complexity index is 1210. The lowest BCUT2D eigenvalue weighted by Gasteiger charge is -2.37. The standard InChI is InChI=1S/C29H39N5O6/c1-16(2)12-21-23(36)13-17(3)24(33-28(39)25-22(35)9-7-11-31-25)27(38)32-20(14-19-8-6-10-30-15-19)26(37)18(4)29(40)34(21)5/h6-11,15-18,20-21,24,26,35,37H,12-14H2,1-5H3,(H,32,38)(H,33,39)/t17-,18+,20-,21?,24-,26-/m0/s1. The van der Waals surface area contributed by atoms with Crippen LogP contribution in [-0.4, -0.2) is 79.9 Å². The second kappa shape index (κ2) is 13.5. The van der Waals surface area contributed by atoms with Crippen molar-refractivity contribution in [3.63, 3.8) is 0 Å². The lowest BCUT2D eigenvalue weighted by atomic mass is 9.86. The van der Waals surface area contributed by atoms with E-state index in [-0.39, 0.29) is 36.0 Å². The van der Waals surface area contributed by atoms with E-state index in [9.17, 15) is 29.4 Å². The van der Waals surface area contributed by atoms with E-state index >= 15 is 0 Å². The molecule has 1 unspecified atom stereocenters. The molecule has 1 aliphatic rings. The van der Waals surface area contributed by atoms with Gasteiger partial charge in [-0.05, 0) is 48.4 Å². The molecule has 3 amide bonds. The Kier molecular flexibility index (Phi) is 10.3. The van der Waals surface area contributed by atoms with Crippen molar-refractivity contribution in [2.45, 2.75) is 71.2 Å². The molecule has 6 atom stereocenters. The summed E-state index contributed by atoms with van der Waals surface area (Å²) in [5.41, 5.74) is 0.468. The highest BCUT2D eigenvalue weighted by Gasteiger charge is 2.40. The van der Waals surface area contributed by atoms with Crippen LogP contribution >= 0.6 is 0 Å². The van der Waals surface area contributed by atoms with Gasteiger partial charge in [-0.15, -0.1) is 0 Å². The van der Waals surface area contributed by atoms with Crippen molar-refractivity contribution >= 4 is 23.5 Å². The van der Waals surface area contributed by atoms with Crippen LogP contribution in [0.5, 0.6) is 5.75 Å². The monoisotopic (exact) mass is 553 g/mol. The molecule has 1 saturated heterocycles. The first kappa shape index (κ1) is 30.7. The molecule has 3 rings (SSSR count). The number of likely N-dealkylation sites (N-methyl/N-ethyl adjacent to an activating group) is 1. The van der Waals surface area contributed by atoms with Crippen LogP contribution in [0.15, 0.2) is 42.9 Å². The van der Waals surface area contributed by atoms with Gasteiger partial charge in [0, 0.05) is 32.1 Å². The number of aliphatic hydroxyl groups is 1. The van der Waals surface area contributed by atoms with Crippen LogP contribution in [0.4, 0.5) is 0 Å². The number of hydrogen-bond acceptors (Lipinski definition) is 8. The minimum absolute atomic E-state index is 0.0915. The van der Waals surface area contributed by atoms with E-state index in [2.05, 4.69) is 20.6 Å². The zero-order valence-electron chi connectivity index (χ0n) is 23.6. The summed E-state index contributed by atoms with van der Waals surface area (Å²) in [7, 11) is 1.56. The Morgan fingerprint density at radius 3 is 2.50 bits per heavy atom. The molecule has 0 aromatic carbocycles. The molecule has 4 N–H and O–H groups in total. The average molecular weight is 554 g/mol. The highest BCUT2D eigenvalue weighted by molar-refractivity contribution is 5.98. The van der Waals surface area contributed by atoms with Gasteiger partial charge < -0.3 is 25.7 Å². The molecule has 3 heterocycles. The molecule has 0 aliphatic carbocycles. The number of ketones is 1. The largest absolute Gasteiger partial charge is 0.505 e. The average Bonchev–Trinajstić information content (AvgIpc) is 2.92. The molecule has 40 heavy (non-hydrogen) atoms. The van der Waals surface area contributed by atoms with Crippen LogP contribution in [0.25, 0.3) is 0 Å². The van der Waals surface area contributed by atoms with Gasteiger partial charge in [0.15, 0.2) is 11.5 Å². The molecule has 0 saturated carbocycles. The maximum Gasteiger partial charge on any atom is 0.274 e. The third-order valence-corrected chi connectivity index (χ3v) is 7.36. The van der Waals surface area contributed by atoms with Crippen LogP contribution in [0.3, 0.4) is 0 Å². The second-order valence-corrected chi connectivity index (χ2v) is 11.0. The van der Waals surface area contributed by atoms with Crippen molar-refractivity contribution in [1.29, 1.82) is 0 Å². The molecular weight excluding hydrogens is 514 g/mol. The number of aromatic hydroxyl groups is 1. The van der Waals surface area contributed by atoms with Crippen molar-refractivity contribution in [3.8, 4) is 5.75 Å². The summed E-state index contributed by atoms with van der Waals surface area (Å²) in [6.45, 7) is 7.13. The number of Topliss-reactive ketones (excluding diaryl/α,β-unsaturated/α-hetero) is 1. The minimum Gasteiger partial charge on any atom is -0.505 e. The van der Waals surface area contributed by atoms with Crippen molar-refractivity contribution in [2.24, 2.45) is 17.8 Å². The van der Waals surface area contributed by atoms with E-state index in [4.69, 9.17) is 0 Å². The Labute approximate surface area is 234 Å². The zero-order chi connectivity index (χ0) is 29.6. The van der Waals surface area contributed by atoms with Gasteiger partial charge in [0.2, 0.25) is 11.8 Å². The summed E-state index contributed by atoms with van der Waals surface area (Å²) in [5.74, 6) is -3.96. The maximum absolute atomic E-state index is 13.7. The van der Waals surface area contributed by atoms with Gasteiger partial charge in [0.25, 0.3) is 5.91 Å². The molecular formula is C29H39N5O6. The third kappa shape index (κ3) is 7.41. The second-order valence-electron chi connectivity index (χ2n) is 11.0. The van der Waals surface area contributed by atoms with Crippen LogP contribution in [0, 0.1) is 17.8 Å². The molecule has 1 aliphatic heterocycles. The van der Waals surface area contributed by atoms with Gasteiger partial charge >= 0.3 is 0 Å². The fourth-order valence-corrected chi connectivity index (χ4v) is 5.04. The van der Waals surface area contributed by atoms with Crippen LogP contribution in [0.1, 0.15) is 56.6 Å². The Hall–Kier alpha value is -3.86. The summed E-state index contributed by atoms with van der Waals surface area (Å²) >= 11 is 0. The molecule has 0 radical (unpaired) electrons. The zero-order valence-corrected chi connectivity index (χ0v) is 23.6. The fraction of sp³-hybridized carbons (Fsp3) is 0.517. The number of aliphatic hydroxyl groups excluding tert-OH is 1. The number of amides is 3. The SMILES string of the molecule is CC(C)CC1C(=O)C[C@H](C)[C@H](NC(=O)c2ncccc2O)C(=O)N[C@@H](Cc2cccnc2)[C@@H](O)[C@@H](C)C(=O)N1C.